The minimum Gasteiger partial charge on any atom is -0.390 e. The van der Waals surface area contributed by atoms with Gasteiger partial charge in [-0.3, -0.25) is 0 Å². The van der Waals surface area contributed by atoms with Gasteiger partial charge in [0.05, 0.1) is 11.6 Å². The Balaban J connectivity index is 2.10. The van der Waals surface area contributed by atoms with Gasteiger partial charge < -0.3 is 10.2 Å². The largest absolute Gasteiger partial charge is 0.390 e. The van der Waals surface area contributed by atoms with Crippen molar-refractivity contribution < 1.29 is 4.84 Å². The standard InChI is InChI=1S/C7H12N2O/c1-2-6-5-3-8-4-7(5)10-9-6/h5,7-8H,2-4H2,1H3/t5-,7-/m0/s1. The van der Waals surface area contributed by atoms with E-state index in [-0.39, 0.29) is 0 Å². The molecule has 2 aliphatic rings. The maximum atomic E-state index is 5.21. The first-order valence-electron chi connectivity index (χ1n) is 3.85. The van der Waals surface area contributed by atoms with E-state index in [0.29, 0.717) is 12.0 Å². The molecule has 3 nitrogen and oxygen atoms in total. The molecule has 10 heavy (non-hydrogen) atoms. The number of rotatable bonds is 1. The maximum Gasteiger partial charge on any atom is 0.149 e. The van der Waals surface area contributed by atoms with Crippen LogP contribution >= 0.6 is 0 Å². The Morgan fingerprint density at radius 1 is 1.70 bits per heavy atom. The van der Waals surface area contributed by atoms with Crippen LogP contribution in [0.25, 0.3) is 0 Å². The third-order valence-electron chi connectivity index (χ3n) is 2.25. The molecular formula is C7H12N2O. The third-order valence-corrected chi connectivity index (χ3v) is 2.25. The van der Waals surface area contributed by atoms with E-state index < -0.39 is 0 Å². The van der Waals surface area contributed by atoms with Crippen LogP contribution in [0, 0.1) is 5.92 Å². The van der Waals surface area contributed by atoms with Crippen molar-refractivity contribution in [3.05, 3.63) is 0 Å². The predicted molar refractivity (Wildman–Crippen MR) is 39.0 cm³/mol. The van der Waals surface area contributed by atoms with Crippen molar-refractivity contribution in [1.82, 2.24) is 5.32 Å². The van der Waals surface area contributed by atoms with E-state index >= 15 is 0 Å². The van der Waals surface area contributed by atoms with Gasteiger partial charge in [-0.05, 0) is 6.42 Å². The summed E-state index contributed by atoms with van der Waals surface area (Å²) in [5, 5.41) is 7.30. The lowest BCUT2D eigenvalue weighted by Crippen LogP contribution is -2.20. The summed E-state index contributed by atoms with van der Waals surface area (Å²) < 4.78 is 0. The van der Waals surface area contributed by atoms with Crippen molar-refractivity contribution in [1.29, 1.82) is 0 Å². The summed E-state index contributed by atoms with van der Waals surface area (Å²) in [6.07, 6.45) is 1.37. The van der Waals surface area contributed by atoms with E-state index in [0.717, 1.165) is 19.5 Å². The van der Waals surface area contributed by atoms with Crippen molar-refractivity contribution in [2.75, 3.05) is 13.1 Å². The molecule has 0 aromatic carbocycles. The molecular weight excluding hydrogens is 128 g/mol. The zero-order chi connectivity index (χ0) is 6.97. The summed E-state index contributed by atoms with van der Waals surface area (Å²) in [5.41, 5.74) is 1.23. The fraction of sp³-hybridized carbons (Fsp3) is 0.857. The molecule has 0 amide bonds. The van der Waals surface area contributed by atoms with Crippen LogP contribution in [0.2, 0.25) is 0 Å². The highest BCUT2D eigenvalue weighted by molar-refractivity contribution is 5.88. The van der Waals surface area contributed by atoms with Gasteiger partial charge >= 0.3 is 0 Å². The molecule has 0 aromatic rings. The Morgan fingerprint density at radius 3 is 3.40 bits per heavy atom. The number of nitrogens with zero attached hydrogens (tertiary/aromatic N) is 1. The highest BCUT2D eigenvalue weighted by Crippen LogP contribution is 2.22. The van der Waals surface area contributed by atoms with Crippen LogP contribution < -0.4 is 5.32 Å². The zero-order valence-electron chi connectivity index (χ0n) is 6.13. The van der Waals surface area contributed by atoms with Crippen LogP contribution in [0.5, 0.6) is 0 Å². The van der Waals surface area contributed by atoms with Crippen LogP contribution in [0.3, 0.4) is 0 Å². The van der Waals surface area contributed by atoms with Crippen LogP contribution in [0.1, 0.15) is 13.3 Å². The fourth-order valence-electron chi connectivity index (χ4n) is 1.63. The molecule has 1 fully saturated rings. The Labute approximate surface area is 60.4 Å². The summed E-state index contributed by atoms with van der Waals surface area (Å²) >= 11 is 0. The third kappa shape index (κ3) is 0.736. The number of oxime groups is 1. The van der Waals surface area contributed by atoms with Crippen LogP contribution in [-0.4, -0.2) is 24.9 Å². The highest BCUT2D eigenvalue weighted by atomic mass is 16.6. The average molecular weight is 140 g/mol. The van der Waals surface area contributed by atoms with Crippen LogP contribution in [0.4, 0.5) is 0 Å². The second kappa shape index (κ2) is 2.23. The Bertz CT molecular complexity index is 167. The summed E-state index contributed by atoms with van der Waals surface area (Å²) in [6.45, 7) is 4.15. The minimum atomic E-state index is 0.343. The molecule has 1 saturated heterocycles. The minimum absolute atomic E-state index is 0.343. The first-order chi connectivity index (χ1) is 4.92. The van der Waals surface area contributed by atoms with E-state index in [1.165, 1.54) is 5.71 Å². The quantitative estimate of drug-likeness (QED) is 0.571. The summed E-state index contributed by atoms with van der Waals surface area (Å²) in [7, 11) is 0. The topological polar surface area (TPSA) is 33.6 Å². The molecule has 0 unspecified atom stereocenters. The molecule has 0 bridgehead atoms. The monoisotopic (exact) mass is 140 g/mol. The van der Waals surface area contributed by atoms with Gasteiger partial charge in [-0.25, -0.2) is 0 Å². The predicted octanol–water partition coefficient (Wildman–Crippen LogP) is 0.371. The van der Waals surface area contributed by atoms with Gasteiger partial charge in [0, 0.05) is 13.1 Å². The molecule has 0 spiro atoms. The van der Waals surface area contributed by atoms with Crippen molar-refractivity contribution in [2.24, 2.45) is 11.1 Å². The molecule has 0 saturated carbocycles. The van der Waals surface area contributed by atoms with E-state index in [1.54, 1.807) is 0 Å². The van der Waals surface area contributed by atoms with E-state index in [4.69, 9.17) is 4.84 Å². The maximum absolute atomic E-state index is 5.21. The lowest BCUT2D eigenvalue weighted by molar-refractivity contribution is 0.0841. The first kappa shape index (κ1) is 6.16. The molecule has 0 radical (unpaired) electrons. The van der Waals surface area contributed by atoms with Crippen molar-refractivity contribution in [3.8, 4) is 0 Å². The summed E-state index contributed by atoms with van der Waals surface area (Å²) in [5.74, 6) is 0.574. The number of hydrogen-bond acceptors (Lipinski definition) is 3. The molecule has 3 heteroatoms. The van der Waals surface area contributed by atoms with Crippen molar-refractivity contribution in [2.45, 2.75) is 19.4 Å². The molecule has 2 heterocycles. The number of nitrogens with one attached hydrogen (secondary N) is 1. The van der Waals surface area contributed by atoms with Gasteiger partial charge in [-0.2, -0.15) is 0 Å². The molecule has 2 aliphatic heterocycles. The van der Waals surface area contributed by atoms with Crippen LogP contribution in [0.15, 0.2) is 5.16 Å². The Hall–Kier alpha value is -0.570. The van der Waals surface area contributed by atoms with Crippen LogP contribution in [-0.2, 0) is 4.84 Å². The van der Waals surface area contributed by atoms with Gasteiger partial charge in [-0.15, -0.1) is 0 Å². The fourth-order valence-corrected chi connectivity index (χ4v) is 1.63. The molecule has 0 aromatic heterocycles. The SMILES string of the molecule is CCC1=NO[C@H]2CNC[C@@H]12. The lowest BCUT2D eigenvalue weighted by atomic mass is 9.99. The molecule has 56 valence electrons. The molecule has 1 N–H and O–H groups in total. The van der Waals surface area contributed by atoms with Gasteiger partial charge in [0.25, 0.3) is 0 Å². The van der Waals surface area contributed by atoms with Crippen molar-refractivity contribution in [3.63, 3.8) is 0 Å². The zero-order valence-corrected chi connectivity index (χ0v) is 6.13. The molecule has 2 rings (SSSR count). The average Bonchev–Trinajstić information content (AvgIpc) is 2.44. The summed E-state index contributed by atoms with van der Waals surface area (Å²) in [6, 6.07) is 0. The lowest BCUT2D eigenvalue weighted by Gasteiger charge is -2.04. The number of hydrogen-bond donors (Lipinski definition) is 1. The van der Waals surface area contributed by atoms with Gasteiger partial charge in [-0.1, -0.05) is 12.1 Å². The smallest absolute Gasteiger partial charge is 0.149 e. The van der Waals surface area contributed by atoms with Crippen molar-refractivity contribution >= 4 is 5.71 Å². The summed E-state index contributed by atoms with van der Waals surface area (Å²) in [4.78, 5) is 5.21. The second-order valence-corrected chi connectivity index (χ2v) is 2.84. The van der Waals surface area contributed by atoms with E-state index in [2.05, 4.69) is 17.4 Å². The normalized spacial score (nSPS) is 37.1. The van der Waals surface area contributed by atoms with Gasteiger partial charge in [0.15, 0.2) is 0 Å². The van der Waals surface area contributed by atoms with Gasteiger partial charge in [0.2, 0.25) is 0 Å². The Kier molecular flexibility index (Phi) is 1.38. The second-order valence-electron chi connectivity index (χ2n) is 2.84. The van der Waals surface area contributed by atoms with Gasteiger partial charge in [0.1, 0.15) is 6.10 Å². The Morgan fingerprint density at radius 2 is 2.60 bits per heavy atom. The molecule has 2 atom stereocenters. The van der Waals surface area contributed by atoms with E-state index in [9.17, 15) is 0 Å². The number of fused-ring (bicyclic) bond motifs is 1. The van der Waals surface area contributed by atoms with E-state index in [1.807, 2.05) is 0 Å². The highest BCUT2D eigenvalue weighted by Gasteiger charge is 2.36. The first-order valence-corrected chi connectivity index (χ1v) is 3.85. The molecule has 0 aliphatic carbocycles.